The Kier molecular flexibility index (Phi) is 6.08. The lowest BCUT2D eigenvalue weighted by Crippen LogP contribution is -2.49. The highest BCUT2D eigenvalue weighted by atomic mass is 32.2. The topological polar surface area (TPSA) is 105 Å². The Hall–Kier alpha value is -2.03. The predicted molar refractivity (Wildman–Crippen MR) is 105 cm³/mol. The van der Waals surface area contributed by atoms with Gasteiger partial charge in [-0.05, 0) is 43.5 Å². The molecule has 0 radical (unpaired) electrons. The molecule has 0 bridgehead atoms. The molecule has 1 aliphatic heterocycles. The van der Waals surface area contributed by atoms with Gasteiger partial charge in [0, 0.05) is 43.7 Å². The fourth-order valence-electron chi connectivity index (χ4n) is 3.58. The first-order chi connectivity index (χ1) is 12.9. The molecule has 7 nitrogen and oxygen atoms in total. The zero-order chi connectivity index (χ0) is 19.4. The molecule has 1 atom stereocenters. The van der Waals surface area contributed by atoms with E-state index in [0.29, 0.717) is 24.0 Å². The summed E-state index contributed by atoms with van der Waals surface area (Å²) in [6, 6.07) is 6.75. The number of sulfonamides is 1. The summed E-state index contributed by atoms with van der Waals surface area (Å²) in [5.41, 5.74) is 7.04. The van der Waals surface area contributed by atoms with Crippen LogP contribution in [0.1, 0.15) is 31.2 Å². The van der Waals surface area contributed by atoms with Crippen LogP contribution in [0.15, 0.2) is 35.4 Å². The lowest BCUT2D eigenvalue weighted by Gasteiger charge is -2.35. The monoisotopic (exact) mass is 390 g/mol. The number of aryl methyl sites for hydroxylation is 1. The number of hydrogen-bond acceptors (Lipinski definition) is 5. The number of piperidine rings is 1. The van der Waals surface area contributed by atoms with Gasteiger partial charge in [-0.25, -0.2) is 8.42 Å². The van der Waals surface area contributed by atoms with Crippen molar-refractivity contribution in [3.63, 3.8) is 0 Å². The lowest BCUT2D eigenvalue weighted by molar-refractivity contribution is -0.121. The summed E-state index contributed by atoms with van der Waals surface area (Å²) in [5.74, 6) is -0.148. The van der Waals surface area contributed by atoms with Gasteiger partial charge in [-0.15, -0.1) is 0 Å². The molecule has 0 spiro atoms. The summed E-state index contributed by atoms with van der Waals surface area (Å²) >= 11 is 0. The van der Waals surface area contributed by atoms with E-state index in [0.717, 1.165) is 24.8 Å². The van der Waals surface area contributed by atoms with Gasteiger partial charge in [0.15, 0.2) is 0 Å². The van der Waals surface area contributed by atoms with Crippen molar-refractivity contribution in [1.82, 2.24) is 14.6 Å². The highest BCUT2D eigenvalue weighted by molar-refractivity contribution is 7.89. The molecule has 1 unspecified atom stereocenters. The van der Waals surface area contributed by atoms with E-state index >= 15 is 0 Å². The van der Waals surface area contributed by atoms with Crippen molar-refractivity contribution in [1.29, 1.82) is 0 Å². The molecule has 3 N–H and O–H groups in total. The van der Waals surface area contributed by atoms with Gasteiger partial charge in [0.05, 0.1) is 10.4 Å². The molecular formula is C19H26N4O3S. The fourth-order valence-corrected chi connectivity index (χ4v) is 5.46. The maximum atomic E-state index is 13.5. The van der Waals surface area contributed by atoms with E-state index < -0.39 is 10.0 Å². The maximum absolute atomic E-state index is 13.5. The first-order valence-corrected chi connectivity index (χ1v) is 10.7. The van der Waals surface area contributed by atoms with Gasteiger partial charge in [-0.1, -0.05) is 12.5 Å². The number of fused-ring (bicyclic) bond motifs is 1. The van der Waals surface area contributed by atoms with E-state index in [1.165, 1.54) is 4.31 Å². The minimum atomic E-state index is -3.70. The summed E-state index contributed by atoms with van der Waals surface area (Å²) in [5, 5.41) is 3.45. The van der Waals surface area contributed by atoms with Gasteiger partial charge in [-0.3, -0.25) is 9.78 Å². The average molecular weight is 391 g/mol. The molecule has 1 saturated heterocycles. The van der Waals surface area contributed by atoms with Gasteiger partial charge in [-0.2, -0.15) is 4.31 Å². The first-order valence-electron chi connectivity index (χ1n) is 9.28. The van der Waals surface area contributed by atoms with E-state index in [-0.39, 0.29) is 29.8 Å². The zero-order valence-electron chi connectivity index (χ0n) is 15.5. The molecule has 8 heteroatoms. The number of amides is 1. The van der Waals surface area contributed by atoms with Crippen molar-refractivity contribution >= 4 is 26.8 Å². The third kappa shape index (κ3) is 4.12. The number of hydrogen-bond donors (Lipinski definition) is 2. The van der Waals surface area contributed by atoms with Crippen molar-refractivity contribution in [3.8, 4) is 0 Å². The number of nitrogens with two attached hydrogens (primary N) is 1. The van der Waals surface area contributed by atoms with Gasteiger partial charge in [0.2, 0.25) is 15.9 Å². The highest BCUT2D eigenvalue weighted by Gasteiger charge is 2.34. The largest absolute Gasteiger partial charge is 0.354 e. The maximum Gasteiger partial charge on any atom is 0.244 e. The standard InChI is InChI=1S/C19H26N4O3S/c1-14-7-8-17(16-6-4-11-21-19(14)16)27(25,26)23-12-3-2-5-15(23)13-22-18(24)9-10-20/h4,6-8,11,15H,2-3,5,9-10,12-13,20H2,1H3,(H,22,24). The van der Waals surface area contributed by atoms with Crippen LogP contribution >= 0.6 is 0 Å². The molecule has 2 aromatic rings. The number of nitrogens with one attached hydrogen (secondary N) is 1. The van der Waals surface area contributed by atoms with Crippen molar-refractivity contribution in [2.45, 2.75) is 43.5 Å². The SMILES string of the molecule is Cc1ccc(S(=O)(=O)N2CCCCC2CNC(=O)CCN)c2cccnc12. The van der Waals surface area contributed by atoms with Crippen LogP contribution in [-0.2, 0) is 14.8 Å². The predicted octanol–water partition coefficient (Wildman–Crippen LogP) is 1.55. The minimum Gasteiger partial charge on any atom is -0.354 e. The van der Waals surface area contributed by atoms with E-state index in [1.807, 2.05) is 6.92 Å². The van der Waals surface area contributed by atoms with Gasteiger partial charge >= 0.3 is 0 Å². The number of rotatable bonds is 6. The number of carbonyl (C=O) groups excluding carboxylic acids is 1. The highest BCUT2D eigenvalue weighted by Crippen LogP contribution is 2.30. The fraction of sp³-hybridized carbons (Fsp3) is 0.474. The van der Waals surface area contributed by atoms with Crippen molar-refractivity contribution in [2.75, 3.05) is 19.6 Å². The summed E-state index contributed by atoms with van der Waals surface area (Å²) in [6.07, 6.45) is 4.40. The van der Waals surface area contributed by atoms with Crippen LogP contribution in [0.5, 0.6) is 0 Å². The molecule has 1 amide bonds. The second-order valence-electron chi connectivity index (χ2n) is 6.89. The van der Waals surface area contributed by atoms with E-state index in [4.69, 9.17) is 5.73 Å². The summed E-state index contributed by atoms with van der Waals surface area (Å²) in [7, 11) is -3.70. The summed E-state index contributed by atoms with van der Waals surface area (Å²) < 4.78 is 28.5. The van der Waals surface area contributed by atoms with Crippen LogP contribution in [-0.4, -0.2) is 49.3 Å². The third-order valence-corrected chi connectivity index (χ3v) is 7.01. The molecule has 27 heavy (non-hydrogen) atoms. The van der Waals surface area contributed by atoms with Crippen molar-refractivity contribution in [2.24, 2.45) is 5.73 Å². The first kappa shape index (κ1) is 19.7. The smallest absolute Gasteiger partial charge is 0.244 e. The van der Waals surface area contributed by atoms with Crippen LogP contribution in [0, 0.1) is 6.92 Å². The van der Waals surface area contributed by atoms with Crippen LogP contribution in [0.25, 0.3) is 10.9 Å². The van der Waals surface area contributed by atoms with E-state index in [9.17, 15) is 13.2 Å². The zero-order valence-corrected chi connectivity index (χ0v) is 16.3. The minimum absolute atomic E-state index is 0.148. The third-order valence-electron chi connectivity index (χ3n) is 5.00. The van der Waals surface area contributed by atoms with Crippen LogP contribution in [0.4, 0.5) is 0 Å². The summed E-state index contributed by atoms with van der Waals surface area (Å²) in [6.45, 7) is 2.96. The van der Waals surface area contributed by atoms with E-state index in [1.54, 1.807) is 30.5 Å². The second kappa shape index (κ2) is 8.33. The number of pyridine rings is 1. The molecule has 3 rings (SSSR count). The molecule has 1 fully saturated rings. The van der Waals surface area contributed by atoms with Crippen molar-refractivity contribution in [3.05, 3.63) is 36.0 Å². The van der Waals surface area contributed by atoms with Crippen molar-refractivity contribution < 1.29 is 13.2 Å². The second-order valence-corrected chi connectivity index (χ2v) is 8.75. The van der Waals surface area contributed by atoms with Crippen LogP contribution in [0.2, 0.25) is 0 Å². The number of carbonyl (C=O) groups is 1. The Labute approximate surface area is 160 Å². The van der Waals surface area contributed by atoms with Crippen LogP contribution < -0.4 is 11.1 Å². The lowest BCUT2D eigenvalue weighted by atomic mass is 10.1. The normalized spacial score (nSPS) is 18.5. The molecule has 1 aliphatic rings. The van der Waals surface area contributed by atoms with Gasteiger partial charge < -0.3 is 11.1 Å². The molecule has 0 saturated carbocycles. The Morgan fingerprint density at radius 3 is 2.93 bits per heavy atom. The van der Waals surface area contributed by atoms with Gasteiger partial charge in [0.25, 0.3) is 0 Å². The van der Waals surface area contributed by atoms with E-state index in [2.05, 4.69) is 10.3 Å². The molecular weight excluding hydrogens is 364 g/mol. The van der Waals surface area contributed by atoms with Gasteiger partial charge in [0.1, 0.15) is 0 Å². The number of nitrogens with zero attached hydrogens (tertiary/aromatic N) is 2. The summed E-state index contributed by atoms with van der Waals surface area (Å²) in [4.78, 5) is 16.4. The molecule has 2 heterocycles. The molecule has 1 aromatic carbocycles. The quantitative estimate of drug-likeness (QED) is 0.778. The number of benzene rings is 1. The molecule has 146 valence electrons. The number of aromatic nitrogens is 1. The van der Waals surface area contributed by atoms with Crippen LogP contribution in [0.3, 0.4) is 0 Å². The molecule has 0 aliphatic carbocycles. The Bertz CT molecular complexity index is 930. The Balaban J connectivity index is 1.93. The average Bonchev–Trinajstić information content (AvgIpc) is 2.67. The Morgan fingerprint density at radius 2 is 2.15 bits per heavy atom. The molecule has 1 aromatic heterocycles. The Morgan fingerprint density at radius 1 is 1.33 bits per heavy atom.